The summed E-state index contributed by atoms with van der Waals surface area (Å²) in [6, 6.07) is 7.50. The third kappa shape index (κ3) is 3.35. The van der Waals surface area contributed by atoms with Gasteiger partial charge in [-0.25, -0.2) is 9.97 Å². The third-order valence-electron chi connectivity index (χ3n) is 3.75. The fourth-order valence-electron chi connectivity index (χ4n) is 2.42. The summed E-state index contributed by atoms with van der Waals surface area (Å²) in [5, 5.41) is 4.26. The first-order valence-electron chi connectivity index (χ1n) is 7.29. The van der Waals surface area contributed by atoms with Crippen molar-refractivity contribution in [2.45, 2.75) is 26.7 Å². The topological polar surface area (TPSA) is 68.0 Å². The highest BCUT2D eigenvalue weighted by molar-refractivity contribution is 6.30. The zero-order chi connectivity index (χ0) is 16.4. The number of nitrogens with one attached hydrogen (secondary N) is 1. The molecule has 6 heteroatoms. The van der Waals surface area contributed by atoms with Gasteiger partial charge >= 0.3 is 0 Å². The van der Waals surface area contributed by atoms with Gasteiger partial charge in [0, 0.05) is 17.0 Å². The summed E-state index contributed by atoms with van der Waals surface area (Å²) in [6.45, 7) is 3.79. The van der Waals surface area contributed by atoms with E-state index in [1.54, 1.807) is 0 Å². The van der Waals surface area contributed by atoms with Crippen LogP contribution in [0.15, 0.2) is 35.0 Å². The quantitative estimate of drug-likeness (QED) is 0.783. The number of amides is 1. The molecule has 0 saturated carbocycles. The van der Waals surface area contributed by atoms with E-state index in [0.29, 0.717) is 29.4 Å². The molecular formula is C17H16ClN3O2. The minimum absolute atomic E-state index is 0.108. The highest BCUT2D eigenvalue weighted by Crippen LogP contribution is 2.28. The van der Waals surface area contributed by atoms with Crippen molar-refractivity contribution in [2.24, 2.45) is 0 Å². The Balaban J connectivity index is 1.73. The molecule has 2 aromatic heterocycles. The van der Waals surface area contributed by atoms with Gasteiger partial charge in [0.15, 0.2) is 0 Å². The molecule has 0 unspecified atom stereocenters. The van der Waals surface area contributed by atoms with Gasteiger partial charge in [-0.3, -0.25) is 4.79 Å². The van der Waals surface area contributed by atoms with E-state index in [1.165, 1.54) is 6.33 Å². The Morgan fingerprint density at radius 2 is 2.13 bits per heavy atom. The van der Waals surface area contributed by atoms with E-state index in [9.17, 15) is 4.79 Å². The molecule has 0 radical (unpaired) electrons. The van der Waals surface area contributed by atoms with Gasteiger partial charge < -0.3 is 9.73 Å². The second-order valence-corrected chi connectivity index (χ2v) is 5.80. The molecule has 0 fully saturated rings. The summed E-state index contributed by atoms with van der Waals surface area (Å²) in [5.41, 5.74) is 2.45. The Kier molecular flexibility index (Phi) is 4.30. The lowest BCUT2D eigenvalue weighted by atomic mass is 10.1. The van der Waals surface area contributed by atoms with Crippen LogP contribution in [0.5, 0.6) is 0 Å². The molecule has 0 aliphatic heterocycles. The summed E-state index contributed by atoms with van der Waals surface area (Å²) in [4.78, 5) is 20.5. The van der Waals surface area contributed by atoms with Crippen molar-refractivity contribution in [3.63, 3.8) is 0 Å². The molecule has 3 aromatic rings. The predicted molar refractivity (Wildman–Crippen MR) is 89.7 cm³/mol. The van der Waals surface area contributed by atoms with Gasteiger partial charge in [0.1, 0.15) is 17.9 Å². The number of nitrogens with zero attached hydrogens (tertiary/aromatic N) is 2. The van der Waals surface area contributed by atoms with Crippen LogP contribution in [0.4, 0.5) is 5.82 Å². The third-order valence-corrected chi connectivity index (χ3v) is 3.99. The standard InChI is InChI=1S/C17H16ClN3O2/c1-10-11(2)23-17-15(10)16(19-9-20-17)21-14(22)7-6-12-4-3-5-13(18)8-12/h3-5,8-9H,6-7H2,1-2H3,(H,19,20,21,22). The molecule has 0 atom stereocenters. The molecule has 1 N–H and O–H groups in total. The summed E-state index contributed by atoms with van der Waals surface area (Å²) in [7, 11) is 0. The van der Waals surface area contributed by atoms with Crippen molar-refractivity contribution in [3.8, 4) is 0 Å². The summed E-state index contributed by atoms with van der Waals surface area (Å²) < 4.78 is 5.55. The maximum Gasteiger partial charge on any atom is 0.231 e. The van der Waals surface area contributed by atoms with Gasteiger partial charge in [-0.2, -0.15) is 0 Å². The molecule has 2 heterocycles. The van der Waals surface area contributed by atoms with Gasteiger partial charge in [-0.05, 0) is 38.0 Å². The molecule has 1 amide bonds. The van der Waals surface area contributed by atoms with Crippen LogP contribution in [0.3, 0.4) is 0 Å². The van der Waals surface area contributed by atoms with E-state index in [2.05, 4.69) is 15.3 Å². The number of anilines is 1. The maximum atomic E-state index is 12.2. The molecule has 3 rings (SSSR count). The highest BCUT2D eigenvalue weighted by atomic mass is 35.5. The van der Waals surface area contributed by atoms with Crippen LogP contribution in [0, 0.1) is 13.8 Å². The largest absolute Gasteiger partial charge is 0.443 e. The number of fused-ring (bicyclic) bond motifs is 1. The average molecular weight is 330 g/mol. The van der Waals surface area contributed by atoms with Gasteiger partial charge in [-0.15, -0.1) is 0 Å². The molecule has 5 nitrogen and oxygen atoms in total. The van der Waals surface area contributed by atoms with E-state index in [0.717, 1.165) is 22.3 Å². The first kappa shape index (κ1) is 15.5. The number of aromatic nitrogens is 2. The van der Waals surface area contributed by atoms with Crippen LogP contribution in [0.1, 0.15) is 23.3 Å². The Morgan fingerprint density at radius 3 is 2.91 bits per heavy atom. The lowest BCUT2D eigenvalue weighted by Crippen LogP contribution is -2.13. The van der Waals surface area contributed by atoms with Crippen LogP contribution in [-0.2, 0) is 11.2 Å². The molecule has 0 aliphatic rings. The highest BCUT2D eigenvalue weighted by Gasteiger charge is 2.15. The Bertz CT molecular complexity index is 873. The Labute approximate surface area is 138 Å². The summed E-state index contributed by atoms with van der Waals surface area (Å²) in [6.07, 6.45) is 2.35. The molecule has 118 valence electrons. The van der Waals surface area contributed by atoms with E-state index < -0.39 is 0 Å². The van der Waals surface area contributed by atoms with Crippen LogP contribution in [0.2, 0.25) is 5.02 Å². The van der Waals surface area contributed by atoms with Crippen molar-refractivity contribution in [2.75, 3.05) is 5.32 Å². The fraction of sp³-hybridized carbons (Fsp3) is 0.235. The zero-order valence-electron chi connectivity index (χ0n) is 12.9. The molecule has 0 bridgehead atoms. The number of carbonyl (C=O) groups excluding carboxylic acids is 1. The number of aryl methyl sites for hydroxylation is 3. The van der Waals surface area contributed by atoms with Crippen molar-refractivity contribution in [1.29, 1.82) is 0 Å². The molecule has 0 aliphatic carbocycles. The molecule has 0 spiro atoms. The molecule has 0 saturated heterocycles. The smallest absolute Gasteiger partial charge is 0.231 e. The average Bonchev–Trinajstić information content (AvgIpc) is 2.81. The van der Waals surface area contributed by atoms with Crippen LogP contribution < -0.4 is 5.32 Å². The second kappa shape index (κ2) is 6.38. The first-order valence-corrected chi connectivity index (χ1v) is 7.67. The number of carbonyl (C=O) groups is 1. The van der Waals surface area contributed by atoms with Gasteiger partial charge in [-0.1, -0.05) is 23.7 Å². The number of rotatable bonds is 4. The van der Waals surface area contributed by atoms with Crippen molar-refractivity contribution in [1.82, 2.24) is 9.97 Å². The minimum atomic E-state index is -0.108. The van der Waals surface area contributed by atoms with Crippen LogP contribution in [0.25, 0.3) is 11.1 Å². The number of benzene rings is 1. The van der Waals surface area contributed by atoms with E-state index in [-0.39, 0.29) is 5.91 Å². The van der Waals surface area contributed by atoms with E-state index >= 15 is 0 Å². The Morgan fingerprint density at radius 1 is 1.30 bits per heavy atom. The van der Waals surface area contributed by atoms with Gasteiger partial charge in [0.05, 0.1) is 5.39 Å². The van der Waals surface area contributed by atoms with E-state index in [4.69, 9.17) is 16.0 Å². The van der Waals surface area contributed by atoms with Gasteiger partial charge in [0.2, 0.25) is 11.6 Å². The summed E-state index contributed by atoms with van der Waals surface area (Å²) >= 11 is 5.95. The van der Waals surface area contributed by atoms with Crippen molar-refractivity contribution >= 4 is 34.4 Å². The number of halogens is 1. The maximum absolute atomic E-state index is 12.2. The number of furan rings is 1. The monoisotopic (exact) mass is 329 g/mol. The Hall–Kier alpha value is -2.40. The fourth-order valence-corrected chi connectivity index (χ4v) is 2.63. The lowest BCUT2D eigenvalue weighted by molar-refractivity contribution is -0.116. The molecule has 1 aromatic carbocycles. The number of hydrogen-bond donors (Lipinski definition) is 1. The van der Waals surface area contributed by atoms with Gasteiger partial charge in [0.25, 0.3) is 0 Å². The second-order valence-electron chi connectivity index (χ2n) is 5.36. The zero-order valence-corrected chi connectivity index (χ0v) is 13.6. The SMILES string of the molecule is Cc1oc2ncnc(NC(=O)CCc3cccc(Cl)c3)c2c1C. The predicted octanol–water partition coefficient (Wildman–Crippen LogP) is 4.06. The van der Waals surface area contributed by atoms with Crippen molar-refractivity contribution in [3.05, 3.63) is 52.5 Å². The minimum Gasteiger partial charge on any atom is -0.443 e. The van der Waals surface area contributed by atoms with Crippen LogP contribution in [-0.4, -0.2) is 15.9 Å². The molecular weight excluding hydrogens is 314 g/mol. The first-order chi connectivity index (χ1) is 11.0. The lowest BCUT2D eigenvalue weighted by Gasteiger charge is -2.06. The normalized spacial score (nSPS) is 10.9. The molecule has 23 heavy (non-hydrogen) atoms. The number of hydrogen-bond acceptors (Lipinski definition) is 4. The van der Waals surface area contributed by atoms with Crippen LogP contribution >= 0.6 is 11.6 Å². The summed E-state index contributed by atoms with van der Waals surface area (Å²) in [5.74, 6) is 1.15. The van der Waals surface area contributed by atoms with Crippen molar-refractivity contribution < 1.29 is 9.21 Å². The van der Waals surface area contributed by atoms with E-state index in [1.807, 2.05) is 38.1 Å².